The average molecular weight is 182 g/mol. The largest absolute Gasteiger partial charge is 0.353 e. The Labute approximate surface area is 79.3 Å². The number of carbonyl (C=O) groups excluding carboxylic acids is 1. The van der Waals surface area contributed by atoms with Crippen molar-refractivity contribution in [2.75, 3.05) is 6.54 Å². The molecule has 3 heteroatoms. The van der Waals surface area contributed by atoms with Gasteiger partial charge in [0.15, 0.2) is 0 Å². The Morgan fingerprint density at radius 2 is 2.38 bits per heavy atom. The maximum Gasteiger partial charge on any atom is 0.221 e. The first kappa shape index (κ1) is 9.00. The van der Waals surface area contributed by atoms with Crippen LogP contribution in [0, 0.1) is 5.92 Å². The van der Waals surface area contributed by atoms with E-state index < -0.39 is 0 Å². The molecule has 0 aromatic carbocycles. The van der Waals surface area contributed by atoms with Gasteiger partial charge in [0.1, 0.15) is 0 Å². The second-order valence-corrected chi connectivity index (χ2v) is 4.38. The molecule has 0 aromatic heterocycles. The molecule has 1 saturated heterocycles. The van der Waals surface area contributed by atoms with E-state index in [-0.39, 0.29) is 5.91 Å². The van der Waals surface area contributed by atoms with E-state index in [9.17, 15) is 4.79 Å². The van der Waals surface area contributed by atoms with Gasteiger partial charge in [-0.3, -0.25) is 4.79 Å². The molecule has 0 radical (unpaired) electrons. The molecule has 2 fully saturated rings. The van der Waals surface area contributed by atoms with Gasteiger partial charge >= 0.3 is 0 Å². The third-order valence-electron chi connectivity index (χ3n) is 3.05. The quantitative estimate of drug-likeness (QED) is 0.673. The summed E-state index contributed by atoms with van der Waals surface area (Å²) in [6.07, 6.45) is 4.22. The van der Waals surface area contributed by atoms with E-state index in [4.69, 9.17) is 0 Å². The van der Waals surface area contributed by atoms with Crippen LogP contribution in [0.1, 0.15) is 32.6 Å². The first-order valence-corrected chi connectivity index (χ1v) is 5.28. The van der Waals surface area contributed by atoms with E-state index in [1.165, 1.54) is 12.8 Å². The first-order chi connectivity index (χ1) is 6.25. The summed E-state index contributed by atoms with van der Waals surface area (Å²) in [5, 5.41) is 6.38. The van der Waals surface area contributed by atoms with Crippen LogP contribution in [0.25, 0.3) is 0 Å². The van der Waals surface area contributed by atoms with Crippen molar-refractivity contribution in [3.63, 3.8) is 0 Å². The summed E-state index contributed by atoms with van der Waals surface area (Å²) >= 11 is 0. The number of nitrogens with one attached hydrogen (secondary N) is 2. The van der Waals surface area contributed by atoms with Crippen LogP contribution in [-0.2, 0) is 4.79 Å². The summed E-state index contributed by atoms with van der Waals surface area (Å²) in [5.41, 5.74) is 0. The Bertz CT molecular complexity index is 199. The molecule has 74 valence electrons. The van der Waals surface area contributed by atoms with Crippen LogP contribution in [0.3, 0.4) is 0 Å². The van der Waals surface area contributed by atoms with Gasteiger partial charge in [-0.15, -0.1) is 0 Å². The van der Waals surface area contributed by atoms with Gasteiger partial charge in [0.2, 0.25) is 5.91 Å². The van der Waals surface area contributed by atoms with Crippen molar-refractivity contribution in [1.82, 2.24) is 10.6 Å². The van der Waals surface area contributed by atoms with Crippen molar-refractivity contribution in [2.45, 2.75) is 44.7 Å². The minimum atomic E-state index is 0.230. The van der Waals surface area contributed by atoms with E-state index >= 15 is 0 Å². The zero-order chi connectivity index (χ0) is 9.26. The zero-order valence-corrected chi connectivity index (χ0v) is 8.18. The van der Waals surface area contributed by atoms with Crippen LogP contribution in [-0.4, -0.2) is 24.5 Å². The van der Waals surface area contributed by atoms with Crippen molar-refractivity contribution in [3.05, 3.63) is 0 Å². The number of amides is 1. The van der Waals surface area contributed by atoms with Crippen LogP contribution in [0.15, 0.2) is 0 Å². The van der Waals surface area contributed by atoms with Crippen molar-refractivity contribution >= 4 is 5.91 Å². The van der Waals surface area contributed by atoms with Gasteiger partial charge in [-0.25, -0.2) is 0 Å². The summed E-state index contributed by atoms with van der Waals surface area (Å²) in [6.45, 7) is 3.26. The zero-order valence-electron chi connectivity index (χ0n) is 8.18. The maximum atomic E-state index is 11.4. The lowest BCUT2D eigenvalue weighted by Gasteiger charge is -2.09. The van der Waals surface area contributed by atoms with Gasteiger partial charge in [0.25, 0.3) is 0 Å². The third kappa shape index (κ3) is 2.44. The molecule has 3 nitrogen and oxygen atoms in total. The van der Waals surface area contributed by atoms with Crippen LogP contribution >= 0.6 is 0 Å². The van der Waals surface area contributed by atoms with Gasteiger partial charge in [-0.1, -0.05) is 6.92 Å². The minimum absolute atomic E-state index is 0.230. The molecule has 0 bridgehead atoms. The number of carbonyl (C=O) groups is 1. The molecule has 3 unspecified atom stereocenters. The third-order valence-corrected chi connectivity index (χ3v) is 3.05. The van der Waals surface area contributed by atoms with E-state index in [0.717, 1.165) is 13.0 Å². The SMILES string of the molecule is CC1CC1NC(=O)CC1CCCN1. The predicted molar refractivity (Wildman–Crippen MR) is 51.4 cm³/mol. The summed E-state index contributed by atoms with van der Waals surface area (Å²) in [4.78, 5) is 11.4. The number of hydrogen-bond donors (Lipinski definition) is 2. The molecule has 2 aliphatic rings. The lowest BCUT2D eigenvalue weighted by molar-refractivity contribution is -0.121. The van der Waals surface area contributed by atoms with Crippen LogP contribution < -0.4 is 10.6 Å². The standard InChI is InChI=1S/C10H18N2O/c1-7-5-9(7)12-10(13)6-8-3-2-4-11-8/h7-9,11H,2-6H2,1H3,(H,12,13). The highest BCUT2D eigenvalue weighted by molar-refractivity contribution is 5.77. The topological polar surface area (TPSA) is 41.1 Å². The van der Waals surface area contributed by atoms with Gasteiger partial charge in [-0.05, 0) is 31.7 Å². The maximum absolute atomic E-state index is 11.4. The molecular formula is C10H18N2O. The fourth-order valence-electron chi connectivity index (χ4n) is 1.94. The minimum Gasteiger partial charge on any atom is -0.353 e. The van der Waals surface area contributed by atoms with Crippen LogP contribution in [0.2, 0.25) is 0 Å². The first-order valence-electron chi connectivity index (χ1n) is 5.28. The van der Waals surface area contributed by atoms with E-state index in [1.54, 1.807) is 0 Å². The monoisotopic (exact) mass is 182 g/mol. The molecule has 0 aromatic rings. The Balaban J connectivity index is 1.66. The van der Waals surface area contributed by atoms with Gasteiger partial charge < -0.3 is 10.6 Å². The van der Waals surface area contributed by atoms with Crippen LogP contribution in [0.4, 0.5) is 0 Å². The number of rotatable bonds is 3. The predicted octanol–water partition coefficient (Wildman–Crippen LogP) is 0.653. The molecule has 1 amide bonds. The van der Waals surface area contributed by atoms with Crippen molar-refractivity contribution in [3.8, 4) is 0 Å². The summed E-state index contributed by atoms with van der Waals surface area (Å²) in [5.74, 6) is 0.939. The van der Waals surface area contributed by atoms with Crippen molar-refractivity contribution in [1.29, 1.82) is 0 Å². The second-order valence-electron chi connectivity index (χ2n) is 4.38. The highest BCUT2D eigenvalue weighted by Gasteiger charge is 2.34. The summed E-state index contributed by atoms with van der Waals surface area (Å²) in [6, 6.07) is 0.919. The summed E-state index contributed by atoms with van der Waals surface area (Å²) < 4.78 is 0. The second kappa shape index (κ2) is 3.66. The number of hydrogen-bond acceptors (Lipinski definition) is 2. The van der Waals surface area contributed by atoms with E-state index in [0.29, 0.717) is 24.4 Å². The molecule has 2 rings (SSSR count). The molecule has 1 aliphatic heterocycles. The molecule has 1 saturated carbocycles. The fraction of sp³-hybridized carbons (Fsp3) is 0.900. The van der Waals surface area contributed by atoms with Crippen molar-refractivity contribution < 1.29 is 4.79 Å². The molecule has 0 spiro atoms. The van der Waals surface area contributed by atoms with E-state index in [2.05, 4.69) is 17.6 Å². The Morgan fingerprint density at radius 3 is 2.92 bits per heavy atom. The van der Waals surface area contributed by atoms with Gasteiger partial charge in [-0.2, -0.15) is 0 Å². The molecule has 1 aliphatic carbocycles. The molecular weight excluding hydrogens is 164 g/mol. The smallest absolute Gasteiger partial charge is 0.221 e. The lowest BCUT2D eigenvalue weighted by atomic mass is 10.1. The average Bonchev–Trinajstić information content (AvgIpc) is 2.61. The highest BCUT2D eigenvalue weighted by atomic mass is 16.1. The normalized spacial score (nSPS) is 37.5. The van der Waals surface area contributed by atoms with Crippen molar-refractivity contribution in [2.24, 2.45) is 5.92 Å². The fourth-order valence-corrected chi connectivity index (χ4v) is 1.94. The molecule has 1 heterocycles. The summed E-state index contributed by atoms with van der Waals surface area (Å²) in [7, 11) is 0. The molecule has 2 N–H and O–H groups in total. The Hall–Kier alpha value is -0.570. The van der Waals surface area contributed by atoms with Gasteiger partial charge in [0, 0.05) is 18.5 Å². The Morgan fingerprint density at radius 1 is 1.62 bits per heavy atom. The highest BCUT2D eigenvalue weighted by Crippen LogP contribution is 2.29. The van der Waals surface area contributed by atoms with Gasteiger partial charge in [0.05, 0.1) is 0 Å². The van der Waals surface area contributed by atoms with Crippen LogP contribution in [0.5, 0.6) is 0 Å². The van der Waals surface area contributed by atoms with E-state index in [1.807, 2.05) is 0 Å². The molecule has 3 atom stereocenters. The molecule has 13 heavy (non-hydrogen) atoms. The lowest BCUT2D eigenvalue weighted by Crippen LogP contribution is -2.33. The Kier molecular flexibility index (Phi) is 2.54.